The van der Waals surface area contributed by atoms with Crippen molar-refractivity contribution in [2.45, 2.75) is 19.4 Å². The van der Waals surface area contributed by atoms with E-state index in [-0.39, 0.29) is 19.4 Å². The normalized spacial score (nSPS) is 13.3. The molecule has 6 nitrogen and oxygen atoms in total. The molecular formula is C25H22O6. The van der Waals surface area contributed by atoms with E-state index in [1.54, 1.807) is 24.3 Å². The number of carboxylic acid groups (broad SMARTS) is 2. The Morgan fingerprint density at radius 1 is 0.710 bits per heavy atom. The molecule has 0 aliphatic heterocycles. The molecule has 0 bridgehead atoms. The zero-order chi connectivity index (χ0) is 22.0. The summed E-state index contributed by atoms with van der Waals surface area (Å²) in [6.45, 7) is -0.0868. The predicted octanol–water partition coefficient (Wildman–Crippen LogP) is 4.27. The Bertz CT molecular complexity index is 1240. The maximum atomic E-state index is 12.0. The molecule has 0 amide bonds. The molecule has 6 heteroatoms. The van der Waals surface area contributed by atoms with Crippen molar-refractivity contribution in [1.82, 2.24) is 0 Å². The highest BCUT2D eigenvalue weighted by molar-refractivity contribution is 6.05. The minimum Gasteiger partial charge on any atom is -0.481 e. The summed E-state index contributed by atoms with van der Waals surface area (Å²) >= 11 is 0. The molecule has 1 aromatic heterocycles. The van der Waals surface area contributed by atoms with Crippen molar-refractivity contribution in [3.05, 3.63) is 83.4 Å². The van der Waals surface area contributed by atoms with Crippen LogP contribution in [0.3, 0.4) is 0 Å². The highest BCUT2D eigenvalue weighted by Gasteiger charge is 2.34. The second-order valence-electron chi connectivity index (χ2n) is 7.70. The quantitative estimate of drug-likeness (QED) is 0.394. The molecule has 0 radical (unpaired) electrons. The van der Waals surface area contributed by atoms with E-state index in [0.29, 0.717) is 16.7 Å². The fourth-order valence-electron chi connectivity index (χ4n) is 4.02. The van der Waals surface area contributed by atoms with E-state index in [4.69, 9.17) is 4.42 Å². The van der Waals surface area contributed by atoms with Gasteiger partial charge in [-0.3, -0.25) is 9.59 Å². The van der Waals surface area contributed by atoms with E-state index in [0.717, 1.165) is 21.9 Å². The van der Waals surface area contributed by atoms with Crippen LogP contribution < -0.4 is 0 Å². The van der Waals surface area contributed by atoms with Gasteiger partial charge in [-0.25, -0.2) is 0 Å². The largest absolute Gasteiger partial charge is 0.481 e. The number of carboxylic acids is 2. The molecule has 4 rings (SSSR count). The molecule has 0 fully saturated rings. The van der Waals surface area contributed by atoms with Crippen LogP contribution in [-0.4, -0.2) is 27.3 Å². The van der Waals surface area contributed by atoms with E-state index in [1.165, 1.54) is 0 Å². The van der Waals surface area contributed by atoms with Gasteiger partial charge >= 0.3 is 11.9 Å². The van der Waals surface area contributed by atoms with E-state index >= 15 is 0 Å². The molecule has 1 heterocycles. The number of fused-ring (bicyclic) bond motifs is 3. The lowest BCUT2D eigenvalue weighted by molar-refractivity contribution is -0.153. The van der Waals surface area contributed by atoms with Crippen molar-refractivity contribution in [1.29, 1.82) is 0 Å². The molecule has 0 aliphatic rings. The van der Waals surface area contributed by atoms with Crippen molar-refractivity contribution >= 4 is 33.9 Å². The van der Waals surface area contributed by atoms with Gasteiger partial charge in [0.2, 0.25) is 0 Å². The molecule has 0 saturated heterocycles. The molecule has 3 aromatic carbocycles. The number of hydrogen-bond donors (Lipinski definition) is 3. The molecule has 158 valence electrons. The topological polar surface area (TPSA) is 108 Å². The average Bonchev–Trinajstić information content (AvgIpc) is 3.13. The van der Waals surface area contributed by atoms with E-state index in [1.807, 2.05) is 42.5 Å². The number of aliphatic hydroxyl groups excluding tert-OH is 1. The van der Waals surface area contributed by atoms with Gasteiger partial charge in [-0.05, 0) is 41.7 Å². The summed E-state index contributed by atoms with van der Waals surface area (Å²) in [6, 6.07) is 20.0. The molecule has 0 aliphatic carbocycles. The Kier molecular flexibility index (Phi) is 5.73. The summed E-state index contributed by atoms with van der Waals surface area (Å²) in [5.74, 6) is -4.41. The second-order valence-corrected chi connectivity index (χ2v) is 7.70. The molecule has 0 spiro atoms. The van der Waals surface area contributed by atoms with Crippen LogP contribution in [0.1, 0.15) is 16.7 Å². The SMILES string of the molecule is O=C(O)[C@@H](Cc1ccccc1)[C@H](Cc1ccc2c(c1)oc1cc(CO)ccc12)C(=O)O. The lowest BCUT2D eigenvalue weighted by Gasteiger charge is -2.20. The monoisotopic (exact) mass is 418 g/mol. The number of aliphatic carboxylic acids is 2. The van der Waals surface area contributed by atoms with Crippen LogP contribution in [0.25, 0.3) is 21.9 Å². The summed E-state index contributed by atoms with van der Waals surface area (Å²) < 4.78 is 5.91. The zero-order valence-corrected chi connectivity index (χ0v) is 16.7. The van der Waals surface area contributed by atoms with Crippen molar-refractivity contribution < 1.29 is 29.3 Å². The van der Waals surface area contributed by atoms with E-state index in [2.05, 4.69) is 0 Å². The van der Waals surface area contributed by atoms with Crippen LogP contribution in [-0.2, 0) is 29.0 Å². The summed E-state index contributed by atoms with van der Waals surface area (Å²) in [7, 11) is 0. The number of aliphatic hydroxyl groups is 1. The first-order valence-electron chi connectivity index (χ1n) is 10.0. The van der Waals surface area contributed by atoms with E-state index < -0.39 is 23.8 Å². The third-order valence-corrected chi connectivity index (χ3v) is 5.66. The van der Waals surface area contributed by atoms with Gasteiger partial charge < -0.3 is 19.7 Å². The van der Waals surface area contributed by atoms with Gasteiger partial charge in [-0.2, -0.15) is 0 Å². The highest BCUT2D eigenvalue weighted by atomic mass is 16.4. The highest BCUT2D eigenvalue weighted by Crippen LogP contribution is 2.31. The fraction of sp³-hybridized carbons (Fsp3) is 0.200. The predicted molar refractivity (Wildman–Crippen MR) is 116 cm³/mol. The van der Waals surface area contributed by atoms with Gasteiger partial charge in [-0.1, -0.05) is 54.6 Å². The van der Waals surface area contributed by atoms with Crippen molar-refractivity contribution in [2.75, 3.05) is 0 Å². The maximum absolute atomic E-state index is 12.0. The summed E-state index contributed by atoms with van der Waals surface area (Å²) in [5.41, 5.74) is 3.46. The molecule has 0 unspecified atom stereocenters. The van der Waals surface area contributed by atoms with Gasteiger partial charge in [0.05, 0.1) is 18.4 Å². The summed E-state index contributed by atoms with van der Waals surface area (Å²) in [5, 5.41) is 30.7. The van der Waals surface area contributed by atoms with Crippen LogP contribution in [0.2, 0.25) is 0 Å². The van der Waals surface area contributed by atoms with Gasteiger partial charge in [0.1, 0.15) is 11.2 Å². The fourth-order valence-corrected chi connectivity index (χ4v) is 4.02. The van der Waals surface area contributed by atoms with Gasteiger partial charge in [-0.15, -0.1) is 0 Å². The Hall–Kier alpha value is -3.64. The van der Waals surface area contributed by atoms with Crippen molar-refractivity contribution in [3.8, 4) is 0 Å². The lowest BCUT2D eigenvalue weighted by Crippen LogP contribution is -2.33. The maximum Gasteiger partial charge on any atom is 0.307 e. The number of benzene rings is 3. The van der Waals surface area contributed by atoms with Crippen LogP contribution in [0, 0.1) is 11.8 Å². The molecule has 4 aromatic rings. The average molecular weight is 418 g/mol. The molecule has 31 heavy (non-hydrogen) atoms. The number of hydrogen-bond acceptors (Lipinski definition) is 4. The first kappa shape index (κ1) is 20.6. The molecular weight excluding hydrogens is 396 g/mol. The first-order valence-corrected chi connectivity index (χ1v) is 10.0. The zero-order valence-electron chi connectivity index (χ0n) is 16.7. The minimum absolute atomic E-state index is 0.0774. The van der Waals surface area contributed by atoms with Crippen LogP contribution in [0.4, 0.5) is 0 Å². The van der Waals surface area contributed by atoms with Crippen molar-refractivity contribution in [2.24, 2.45) is 11.8 Å². The summed E-state index contributed by atoms with van der Waals surface area (Å²) in [4.78, 5) is 23.9. The van der Waals surface area contributed by atoms with Crippen LogP contribution >= 0.6 is 0 Å². The molecule has 3 N–H and O–H groups in total. The Balaban J connectivity index is 1.65. The number of rotatable bonds is 8. The Morgan fingerprint density at radius 3 is 1.77 bits per heavy atom. The lowest BCUT2D eigenvalue weighted by atomic mass is 9.82. The summed E-state index contributed by atoms with van der Waals surface area (Å²) in [6.07, 6.45) is 0.220. The standard InChI is InChI=1S/C25H22O6/c26-14-17-7-9-19-18-8-6-16(12-22(18)31-23(19)13-17)11-21(25(29)30)20(24(27)28)10-15-4-2-1-3-5-15/h1-9,12-13,20-21,26H,10-11,14H2,(H,27,28)(H,29,30)/t20-,21-/m0/s1. The second kappa shape index (κ2) is 8.62. The third-order valence-electron chi connectivity index (χ3n) is 5.66. The Labute approximate surface area is 178 Å². The van der Waals surface area contributed by atoms with Gasteiger partial charge in [0.15, 0.2) is 0 Å². The number of carbonyl (C=O) groups is 2. The van der Waals surface area contributed by atoms with Crippen LogP contribution in [0.15, 0.2) is 71.1 Å². The van der Waals surface area contributed by atoms with Gasteiger partial charge in [0, 0.05) is 10.8 Å². The molecule has 2 atom stereocenters. The Morgan fingerprint density at radius 2 is 1.23 bits per heavy atom. The number of furan rings is 1. The first-order chi connectivity index (χ1) is 15.0. The van der Waals surface area contributed by atoms with Crippen LogP contribution in [0.5, 0.6) is 0 Å². The van der Waals surface area contributed by atoms with Gasteiger partial charge in [0.25, 0.3) is 0 Å². The van der Waals surface area contributed by atoms with E-state index in [9.17, 15) is 24.9 Å². The smallest absolute Gasteiger partial charge is 0.307 e. The molecule has 0 saturated carbocycles. The van der Waals surface area contributed by atoms with Crippen molar-refractivity contribution in [3.63, 3.8) is 0 Å². The minimum atomic E-state index is -1.14. The third kappa shape index (κ3) is 4.29.